The average Bonchev–Trinajstić information content (AvgIpc) is 2.83. The van der Waals surface area contributed by atoms with Crippen LogP contribution in [0.15, 0.2) is 9.52 Å². The van der Waals surface area contributed by atoms with Crippen LogP contribution in [0.4, 0.5) is 5.82 Å². The summed E-state index contributed by atoms with van der Waals surface area (Å²) in [5, 5.41) is 11.4. The number of rotatable bonds is 5. The Bertz CT molecular complexity index is 745. The van der Waals surface area contributed by atoms with Gasteiger partial charge in [0.2, 0.25) is 5.82 Å². The third-order valence-electron chi connectivity index (χ3n) is 3.01. The number of hydrogen-bond acceptors (Lipinski definition) is 6. The molecule has 0 spiro atoms. The molecule has 9 heteroatoms. The lowest BCUT2D eigenvalue weighted by atomic mass is 10.2. The van der Waals surface area contributed by atoms with Crippen molar-refractivity contribution in [3.8, 4) is 0 Å². The van der Waals surface area contributed by atoms with Crippen molar-refractivity contribution in [2.24, 2.45) is 5.92 Å². The lowest BCUT2D eigenvalue weighted by Crippen LogP contribution is -2.16. The summed E-state index contributed by atoms with van der Waals surface area (Å²) in [5.74, 6) is 0.457. The molecule has 2 heterocycles. The summed E-state index contributed by atoms with van der Waals surface area (Å²) in [6.45, 7) is 9.78. The van der Waals surface area contributed by atoms with E-state index in [1.807, 2.05) is 13.8 Å². The molecule has 2 aromatic rings. The maximum absolute atomic E-state index is 12.5. The highest BCUT2D eigenvalue weighted by Crippen LogP contribution is 2.23. The van der Waals surface area contributed by atoms with Crippen molar-refractivity contribution in [1.82, 2.24) is 20.1 Å². The Morgan fingerprint density at radius 2 is 1.86 bits per heavy atom. The van der Waals surface area contributed by atoms with E-state index in [2.05, 4.69) is 24.8 Å². The SMILES string of the molecule is Cc1nonc1NS(=O)(=O)c1c(C)nn(CC(C)C)c1C. The number of aryl methyl sites for hydroxylation is 2. The summed E-state index contributed by atoms with van der Waals surface area (Å²) in [7, 11) is -3.78. The molecule has 116 valence electrons. The van der Waals surface area contributed by atoms with Gasteiger partial charge in [-0.1, -0.05) is 19.0 Å². The van der Waals surface area contributed by atoms with Gasteiger partial charge >= 0.3 is 0 Å². The molecule has 1 N–H and O–H groups in total. The van der Waals surface area contributed by atoms with Gasteiger partial charge in [0.05, 0.1) is 11.4 Å². The third kappa shape index (κ3) is 3.07. The van der Waals surface area contributed by atoms with E-state index < -0.39 is 10.0 Å². The lowest BCUT2D eigenvalue weighted by Gasteiger charge is -2.08. The van der Waals surface area contributed by atoms with E-state index in [-0.39, 0.29) is 10.7 Å². The summed E-state index contributed by atoms with van der Waals surface area (Å²) in [4.78, 5) is 0.172. The minimum absolute atomic E-state index is 0.0883. The Kier molecular flexibility index (Phi) is 4.04. The Balaban J connectivity index is 2.41. The fraction of sp³-hybridized carbons (Fsp3) is 0.583. The van der Waals surface area contributed by atoms with Crippen molar-refractivity contribution in [2.75, 3.05) is 4.72 Å². The van der Waals surface area contributed by atoms with Crippen LogP contribution in [0, 0.1) is 26.7 Å². The molecule has 0 aromatic carbocycles. The Hall–Kier alpha value is -1.90. The van der Waals surface area contributed by atoms with Gasteiger partial charge < -0.3 is 0 Å². The fourth-order valence-corrected chi connectivity index (χ4v) is 3.56. The molecule has 0 aliphatic rings. The zero-order valence-electron chi connectivity index (χ0n) is 12.7. The highest BCUT2D eigenvalue weighted by atomic mass is 32.2. The normalized spacial score (nSPS) is 12.1. The van der Waals surface area contributed by atoms with Crippen LogP contribution < -0.4 is 4.72 Å². The van der Waals surface area contributed by atoms with E-state index in [1.165, 1.54) is 0 Å². The molecule has 0 atom stereocenters. The first-order chi connectivity index (χ1) is 9.72. The van der Waals surface area contributed by atoms with E-state index in [4.69, 9.17) is 0 Å². The Morgan fingerprint density at radius 1 is 1.19 bits per heavy atom. The molecule has 0 aliphatic carbocycles. The van der Waals surface area contributed by atoms with Crippen molar-refractivity contribution in [3.05, 3.63) is 17.1 Å². The van der Waals surface area contributed by atoms with Gasteiger partial charge in [-0.25, -0.2) is 13.0 Å². The number of sulfonamides is 1. The van der Waals surface area contributed by atoms with Crippen LogP contribution in [-0.2, 0) is 16.6 Å². The van der Waals surface area contributed by atoms with Gasteiger partial charge in [-0.2, -0.15) is 5.10 Å². The van der Waals surface area contributed by atoms with E-state index in [0.717, 1.165) is 0 Å². The molecule has 0 bridgehead atoms. The minimum atomic E-state index is -3.78. The van der Waals surface area contributed by atoms with E-state index >= 15 is 0 Å². The van der Waals surface area contributed by atoms with Gasteiger partial charge in [0, 0.05) is 6.54 Å². The predicted octanol–water partition coefficient (Wildman–Crippen LogP) is 1.65. The first-order valence-electron chi connectivity index (χ1n) is 6.58. The molecule has 2 rings (SSSR count). The summed E-state index contributed by atoms with van der Waals surface area (Å²) < 4.78 is 33.6. The van der Waals surface area contributed by atoms with E-state index in [1.54, 1.807) is 25.5 Å². The van der Waals surface area contributed by atoms with Crippen LogP contribution >= 0.6 is 0 Å². The fourth-order valence-electron chi connectivity index (χ4n) is 2.10. The van der Waals surface area contributed by atoms with Gasteiger partial charge in [-0.15, -0.1) is 0 Å². The maximum atomic E-state index is 12.5. The van der Waals surface area contributed by atoms with Gasteiger partial charge in [0.1, 0.15) is 10.6 Å². The van der Waals surface area contributed by atoms with Crippen LogP contribution in [0.5, 0.6) is 0 Å². The lowest BCUT2D eigenvalue weighted by molar-refractivity contribution is 0.306. The standard InChI is InChI=1S/C12H19N5O3S/c1-7(2)6-17-10(5)11(8(3)13-17)21(18,19)16-12-9(4)14-20-15-12/h7H,6H2,1-5H3,(H,15,16). The zero-order valence-corrected chi connectivity index (χ0v) is 13.5. The molecule has 0 saturated carbocycles. The first kappa shape index (κ1) is 15.5. The molecule has 0 amide bonds. The highest BCUT2D eigenvalue weighted by Gasteiger charge is 2.26. The Morgan fingerprint density at radius 3 is 2.38 bits per heavy atom. The van der Waals surface area contributed by atoms with Gasteiger partial charge in [0.15, 0.2) is 0 Å². The monoisotopic (exact) mass is 313 g/mol. The van der Waals surface area contributed by atoms with Crippen molar-refractivity contribution in [2.45, 2.75) is 46.1 Å². The largest absolute Gasteiger partial charge is 0.268 e. The maximum Gasteiger partial charge on any atom is 0.266 e. The number of nitrogens with zero attached hydrogens (tertiary/aromatic N) is 4. The molecule has 2 aromatic heterocycles. The van der Waals surface area contributed by atoms with Crippen molar-refractivity contribution < 1.29 is 13.0 Å². The highest BCUT2D eigenvalue weighted by molar-refractivity contribution is 7.92. The molecule has 0 saturated heterocycles. The van der Waals surface area contributed by atoms with Crippen molar-refractivity contribution >= 4 is 15.8 Å². The second-order valence-corrected chi connectivity index (χ2v) is 7.00. The van der Waals surface area contributed by atoms with Crippen LogP contribution in [-0.4, -0.2) is 28.5 Å². The quantitative estimate of drug-likeness (QED) is 0.900. The summed E-state index contributed by atoms with van der Waals surface area (Å²) in [6, 6.07) is 0. The summed E-state index contributed by atoms with van der Waals surface area (Å²) >= 11 is 0. The summed E-state index contributed by atoms with van der Waals surface area (Å²) in [6.07, 6.45) is 0. The predicted molar refractivity (Wildman–Crippen MR) is 76.4 cm³/mol. The number of nitrogens with one attached hydrogen (secondary N) is 1. The molecule has 0 aliphatic heterocycles. The number of hydrogen-bond donors (Lipinski definition) is 1. The molecule has 0 fully saturated rings. The molecular weight excluding hydrogens is 294 g/mol. The average molecular weight is 313 g/mol. The molecular formula is C12H19N5O3S. The molecule has 8 nitrogen and oxygen atoms in total. The first-order valence-corrected chi connectivity index (χ1v) is 8.06. The van der Waals surface area contributed by atoms with Crippen LogP contribution in [0.2, 0.25) is 0 Å². The van der Waals surface area contributed by atoms with E-state index in [9.17, 15) is 8.42 Å². The second kappa shape index (κ2) is 5.47. The summed E-state index contributed by atoms with van der Waals surface area (Å²) in [5.41, 5.74) is 1.43. The van der Waals surface area contributed by atoms with E-state index in [0.29, 0.717) is 29.5 Å². The van der Waals surface area contributed by atoms with Crippen LogP contribution in [0.3, 0.4) is 0 Å². The number of anilines is 1. The number of aromatic nitrogens is 4. The molecule has 21 heavy (non-hydrogen) atoms. The van der Waals surface area contributed by atoms with Gasteiger partial charge in [-0.3, -0.25) is 9.40 Å². The smallest absolute Gasteiger partial charge is 0.266 e. The van der Waals surface area contributed by atoms with Gasteiger partial charge in [-0.05, 0) is 31.8 Å². The topological polar surface area (TPSA) is 103 Å². The third-order valence-corrected chi connectivity index (χ3v) is 4.60. The molecule has 0 radical (unpaired) electrons. The molecule has 0 unspecified atom stereocenters. The second-order valence-electron chi connectivity index (χ2n) is 5.38. The van der Waals surface area contributed by atoms with Crippen LogP contribution in [0.25, 0.3) is 0 Å². The minimum Gasteiger partial charge on any atom is -0.268 e. The van der Waals surface area contributed by atoms with Crippen molar-refractivity contribution in [3.63, 3.8) is 0 Å². The van der Waals surface area contributed by atoms with Crippen LogP contribution in [0.1, 0.15) is 30.9 Å². The van der Waals surface area contributed by atoms with Gasteiger partial charge in [0.25, 0.3) is 10.0 Å². The Labute approximate surface area is 123 Å². The van der Waals surface area contributed by atoms with Crippen molar-refractivity contribution in [1.29, 1.82) is 0 Å². The zero-order chi connectivity index (χ0) is 15.8.